The monoisotopic (exact) mass is 434 g/mol. The topological polar surface area (TPSA) is 145 Å². The zero-order chi connectivity index (χ0) is 23.4. The van der Waals surface area contributed by atoms with Crippen LogP contribution in [0.5, 0.6) is 5.88 Å². The Morgan fingerprint density at radius 3 is 2.69 bits per heavy atom. The van der Waals surface area contributed by atoms with E-state index in [0.717, 1.165) is 21.9 Å². The van der Waals surface area contributed by atoms with Crippen LogP contribution in [0.3, 0.4) is 0 Å². The molecule has 164 valence electrons. The van der Waals surface area contributed by atoms with Crippen molar-refractivity contribution in [2.45, 2.75) is 27.4 Å². The number of ether oxygens (including phenoxy) is 1. The number of aromatic hydroxyl groups is 1. The molecule has 3 aromatic rings. The summed E-state index contributed by atoms with van der Waals surface area (Å²) in [5.74, 6) is -0.389. The number of hydrogen-bond donors (Lipinski definition) is 3. The molecule has 3 N–H and O–H groups in total. The summed E-state index contributed by atoms with van der Waals surface area (Å²) in [5, 5.41) is 24.1. The summed E-state index contributed by atoms with van der Waals surface area (Å²) < 4.78 is 6.10. The van der Waals surface area contributed by atoms with Crippen LogP contribution >= 0.6 is 0 Å². The molecule has 10 heteroatoms. The fourth-order valence-electron chi connectivity index (χ4n) is 3.13. The third-order valence-electron chi connectivity index (χ3n) is 4.87. The molecule has 0 bridgehead atoms. The third kappa shape index (κ3) is 4.43. The molecule has 0 saturated heterocycles. The van der Waals surface area contributed by atoms with Gasteiger partial charge in [-0.2, -0.15) is 10.4 Å². The molecule has 2 aromatic heterocycles. The number of hydrogen-bond acceptors (Lipinski definition) is 8. The van der Waals surface area contributed by atoms with Gasteiger partial charge in [0.2, 0.25) is 5.88 Å². The van der Waals surface area contributed by atoms with Crippen LogP contribution in [0.15, 0.2) is 39.0 Å². The Labute approximate surface area is 183 Å². The molecule has 0 atom stereocenters. The number of aromatic nitrogens is 3. The largest absolute Gasteiger partial charge is 0.493 e. The van der Waals surface area contributed by atoms with Crippen LogP contribution in [0.25, 0.3) is 5.69 Å². The summed E-state index contributed by atoms with van der Waals surface area (Å²) in [4.78, 5) is 31.1. The fraction of sp³-hybridized carbons (Fsp3) is 0.227. The van der Waals surface area contributed by atoms with Gasteiger partial charge in [0.1, 0.15) is 17.2 Å². The van der Waals surface area contributed by atoms with E-state index >= 15 is 0 Å². The van der Waals surface area contributed by atoms with Gasteiger partial charge in [0, 0.05) is 18.4 Å². The Morgan fingerprint density at radius 2 is 2.03 bits per heavy atom. The average Bonchev–Trinajstić information content (AvgIpc) is 2.73. The summed E-state index contributed by atoms with van der Waals surface area (Å²) in [6, 6.07) is 8.97. The van der Waals surface area contributed by atoms with Crippen molar-refractivity contribution in [3.63, 3.8) is 0 Å². The standard InChI is InChI=1S/C22H22N6O4/c1-12-5-6-16(7-13(12)2)28-21(30)18(20(29)26-22(28)31)10-24-27-19-17(9-23)15(11-32-4)8-14(3)25-19/h5-8,10,30H,11H2,1-4H3,(H,25,27)(H,26,29,31)/b24-10-. The lowest BCUT2D eigenvalue weighted by atomic mass is 10.1. The highest BCUT2D eigenvalue weighted by Crippen LogP contribution is 2.20. The van der Waals surface area contributed by atoms with Gasteiger partial charge in [0.15, 0.2) is 5.82 Å². The summed E-state index contributed by atoms with van der Waals surface area (Å²) in [5.41, 5.74) is 4.63. The number of anilines is 1. The lowest BCUT2D eigenvalue weighted by Gasteiger charge is -2.11. The second kappa shape index (κ2) is 9.28. The Balaban J connectivity index is 2.02. The van der Waals surface area contributed by atoms with Crippen molar-refractivity contribution in [2.75, 3.05) is 12.5 Å². The Hall–Kier alpha value is -4.23. The molecular formula is C22H22N6O4. The number of aryl methyl sites for hydroxylation is 3. The SMILES string of the molecule is COCc1cc(C)nc(N/N=C\c2c(O)n(-c3ccc(C)c(C)c3)c(=O)[nH]c2=O)c1C#N. The van der Waals surface area contributed by atoms with Crippen molar-refractivity contribution in [3.8, 4) is 17.6 Å². The lowest BCUT2D eigenvalue weighted by Crippen LogP contribution is -2.31. The van der Waals surface area contributed by atoms with Crippen molar-refractivity contribution in [1.29, 1.82) is 5.26 Å². The van der Waals surface area contributed by atoms with E-state index in [2.05, 4.69) is 26.6 Å². The van der Waals surface area contributed by atoms with Crippen molar-refractivity contribution in [2.24, 2.45) is 5.10 Å². The number of H-pyrrole nitrogens is 1. The molecule has 0 aliphatic rings. The molecule has 32 heavy (non-hydrogen) atoms. The summed E-state index contributed by atoms with van der Waals surface area (Å²) in [6.07, 6.45) is 1.06. The van der Waals surface area contributed by atoms with E-state index in [1.165, 1.54) is 7.11 Å². The minimum absolute atomic E-state index is 0.175. The minimum Gasteiger partial charge on any atom is -0.493 e. The van der Waals surface area contributed by atoms with E-state index in [1.807, 2.05) is 13.8 Å². The van der Waals surface area contributed by atoms with Gasteiger partial charge in [-0.3, -0.25) is 15.2 Å². The molecule has 10 nitrogen and oxygen atoms in total. The highest BCUT2D eigenvalue weighted by Gasteiger charge is 2.15. The fourth-order valence-corrected chi connectivity index (χ4v) is 3.13. The first kappa shape index (κ1) is 22.5. The summed E-state index contributed by atoms with van der Waals surface area (Å²) >= 11 is 0. The van der Waals surface area contributed by atoms with Gasteiger partial charge in [0.25, 0.3) is 5.56 Å². The predicted octanol–water partition coefficient (Wildman–Crippen LogP) is 2.02. The molecular weight excluding hydrogens is 412 g/mol. The first-order valence-corrected chi connectivity index (χ1v) is 9.61. The van der Waals surface area contributed by atoms with E-state index in [0.29, 0.717) is 16.9 Å². The highest BCUT2D eigenvalue weighted by molar-refractivity contribution is 5.82. The second-order valence-electron chi connectivity index (χ2n) is 7.16. The molecule has 0 saturated carbocycles. The van der Waals surface area contributed by atoms with Gasteiger partial charge in [-0.05, 0) is 50.1 Å². The molecule has 0 aliphatic carbocycles. The molecule has 0 unspecified atom stereocenters. The van der Waals surface area contributed by atoms with Gasteiger partial charge in [-0.15, -0.1) is 0 Å². The maximum atomic E-state index is 12.4. The molecule has 0 radical (unpaired) electrons. The quantitative estimate of drug-likeness (QED) is 0.397. The maximum Gasteiger partial charge on any atom is 0.335 e. The zero-order valence-corrected chi connectivity index (χ0v) is 18.1. The minimum atomic E-state index is -0.809. The summed E-state index contributed by atoms with van der Waals surface area (Å²) in [7, 11) is 1.52. The van der Waals surface area contributed by atoms with E-state index < -0.39 is 17.1 Å². The van der Waals surface area contributed by atoms with Crippen molar-refractivity contribution >= 4 is 12.0 Å². The van der Waals surface area contributed by atoms with Gasteiger partial charge < -0.3 is 9.84 Å². The van der Waals surface area contributed by atoms with Crippen molar-refractivity contribution in [1.82, 2.24) is 14.5 Å². The number of hydrazone groups is 1. The number of nitriles is 1. The van der Waals surface area contributed by atoms with E-state index in [9.17, 15) is 20.0 Å². The number of nitrogens with one attached hydrogen (secondary N) is 2. The molecule has 1 aromatic carbocycles. The number of nitrogens with zero attached hydrogens (tertiary/aromatic N) is 4. The number of pyridine rings is 1. The van der Waals surface area contributed by atoms with Crippen LogP contribution in [-0.2, 0) is 11.3 Å². The third-order valence-corrected chi connectivity index (χ3v) is 4.87. The Bertz CT molecular complexity index is 1360. The van der Waals surface area contributed by atoms with E-state index in [-0.39, 0.29) is 23.6 Å². The van der Waals surface area contributed by atoms with Crippen LogP contribution < -0.4 is 16.7 Å². The van der Waals surface area contributed by atoms with Crippen LogP contribution in [0.4, 0.5) is 5.82 Å². The molecule has 0 fully saturated rings. The Kier molecular flexibility index (Phi) is 6.51. The maximum absolute atomic E-state index is 12.4. The van der Waals surface area contributed by atoms with Crippen LogP contribution in [0, 0.1) is 32.1 Å². The first-order valence-electron chi connectivity index (χ1n) is 9.61. The van der Waals surface area contributed by atoms with Crippen molar-refractivity contribution in [3.05, 3.63) is 78.6 Å². The van der Waals surface area contributed by atoms with Gasteiger partial charge in [0.05, 0.1) is 18.5 Å². The van der Waals surface area contributed by atoms with Gasteiger partial charge in [-0.25, -0.2) is 14.3 Å². The van der Waals surface area contributed by atoms with Crippen LogP contribution in [-0.4, -0.2) is 33.0 Å². The van der Waals surface area contributed by atoms with Crippen LogP contribution in [0.1, 0.15) is 33.5 Å². The summed E-state index contributed by atoms with van der Waals surface area (Å²) in [6.45, 7) is 5.76. The average molecular weight is 434 g/mol. The smallest absolute Gasteiger partial charge is 0.335 e. The number of methoxy groups -OCH3 is 1. The second-order valence-corrected chi connectivity index (χ2v) is 7.16. The normalized spacial score (nSPS) is 11.0. The highest BCUT2D eigenvalue weighted by atomic mass is 16.5. The molecule has 0 spiro atoms. The number of benzene rings is 1. The number of aromatic amines is 1. The van der Waals surface area contributed by atoms with E-state index in [1.54, 1.807) is 31.2 Å². The molecule has 0 aliphatic heterocycles. The van der Waals surface area contributed by atoms with Crippen LogP contribution in [0.2, 0.25) is 0 Å². The molecule has 3 rings (SSSR count). The van der Waals surface area contributed by atoms with Gasteiger partial charge in [-0.1, -0.05) is 6.07 Å². The zero-order valence-electron chi connectivity index (χ0n) is 18.1. The van der Waals surface area contributed by atoms with E-state index in [4.69, 9.17) is 4.74 Å². The van der Waals surface area contributed by atoms with Gasteiger partial charge >= 0.3 is 5.69 Å². The number of rotatable bonds is 6. The lowest BCUT2D eigenvalue weighted by molar-refractivity contribution is 0.184. The predicted molar refractivity (Wildman–Crippen MR) is 119 cm³/mol. The molecule has 0 amide bonds. The van der Waals surface area contributed by atoms with Crippen molar-refractivity contribution < 1.29 is 9.84 Å². The molecule has 2 heterocycles. The first-order chi connectivity index (χ1) is 15.3. The Morgan fingerprint density at radius 1 is 1.28 bits per heavy atom.